The van der Waals surface area contributed by atoms with Crippen molar-refractivity contribution in [3.05, 3.63) is 47.5 Å². The largest absolute Gasteiger partial charge is 0.379 e. The molecule has 0 saturated heterocycles. The van der Waals surface area contributed by atoms with Crippen LogP contribution in [0.2, 0.25) is 0 Å². The van der Waals surface area contributed by atoms with Gasteiger partial charge in [0.2, 0.25) is 0 Å². The van der Waals surface area contributed by atoms with Gasteiger partial charge in [-0.2, -0.15) is 0 Å². The minimum Gasteiger partial charge on any atom is -0.379 e. The molecule has 3 nitrogen and oxygen atoms in total. The molecule has 2 aromatic rings. The van der Waals surface area contributed by atoms with Crippen molar-refractivity contribution >= 4 is 5.69 Å². The van der Waals surface area contributed by atoms with Crippen molar-refractivity contribution in [3.8, 4) is 0 Å². The molecule has 84 valence electrons. The lowest BCUT2D eigenvalue weighted by atomic mass is 10.2. The van der Waals surface area contributed by atoms with E-state index in [1.807, 2.05) is 27.0 Å². The lowest BCUT2D eigenvalue weighted by molar-refractivity contribution is 0.920. The first-order valence-electron chi connectivity index (χ1n) is 5.44. The average molecular weight is 215 g/mol. The summed E-state index contributed by atoms with van der Waals surface area (Å²) in [7, 11) is 2.03. The number of rotatable bonds is 3. The molecule has 0 saturated carbocycles. The highest BCUT2D eigenvalue weighted by Crippen LogP contribution is 2.13. The van der Waals surface area contributed by atoms with E-state index in [1.165, 1.54) is 5.56 Å². The van der Waals surface area contributed by atoms with Gasteiger partial charge < -0.3 is 9.88 Å². The monoisotopic (exact) mass is 215 g/mol. The van der Waals surface area contributed by atoms with Crippen LogP contribution >= 0.6 is 0 Å². The summed E-state index contributed by atoms with van der Waals surface area (Å²) in [5.41, 5.74) is 4.50. The van der Waals surface area contributed by atoms with Crippen LogP contribution < -0.4 is 5.32 Å². The molecule has 0 aromatic carbocycles. The standard InChI is InChI=1S/C13H17N3/c1-10-4-5-13(11(2)15-10)14-8-12-6-7-16(3)9-12/h4-7,9,14H,8H2,1-3H3. The second-order valence-corrected chi connectivity index (χ2v) is 4.12. The van der Waals surface area contributed by atoms with Gasteiger partial charge in [0.25, 0.3) is 0 Å². The summed E-state index contributed by atoms with van der Waals surface area (Å²) >= 11 is 0. The van der Waals surface area contributed by atoms with E-state index < -0.39 is 0 Å². The van der Waals surface area contributed by atoms with Crippen LogP contribution in [-0.2, 0) is 13.6 Å². The second-order valence-electron chi connectivity index (χ2n) is 4.12. The van der Waals surface area contributed by atoms with Gasteiger partial charge in [-0.25, -0.2) is 0 Å². The van der Waals surface area contributed by atoms with Crippen molar-refractivity contribution in [3.63, 3.8) is 0 Å². The molecule has 16 heavy (non-hydrogen) atoms. The zero-order valence-corrected chi connectivity index (χ0v) is 9.99. The molecular weight excluding hydrogens is 198 g/mol. The highest BCUT2D eigenvalue weighted by molar-refractivity contribution is 5.48. The van der Waals surface area contributed by atoms with Crippen LogP contribution in [0.4, 0.5) is 5.69 Å². The van der Waals surface area contributed by atoms with Gasteiger partial charge in [0.05, 0.1) is 11.4 Å². The minimum atomic E-state index is 0.840. The van der Waals surface area contributed by atoms with Gasteiger partial charge in [-0.1, -0.05) is 0 Å². The van der Waals surface area contributed by atoms with Crippen LogP contribution in [0.3, 0.4) is 0 Å². The van der Waals surface area contributed by atoms with Crippen LogP contribution in [-0.4, -0.2) is 9.55 Å². The first-order chi connectivity index (χ1) is 7.65. The van der Waals surface area contributed by atoms with Crippen molar-refractivity contribution in [1.29, 1.82) is 0 Å². The fourth-order valence-corrected chi connectivity index (χ4v) is 1.74. The number of hydrogen-bond acceptors (Lipinski definition) is 2. The molecule has 0 aliphatic heterocycles. The van der Waals surface area contributed by atoms with Gasteiger partial charge in [0.1, 0.15) is 0 Å². The third kappa shape index (κ3) is 2.42. The van der Waals surface area contributed by atoms with E-state index in [9.17, 15) is 0 Å². The Morgan fingerprint density at radius 2 is 2.06 bits per heavy atom. The van der Waals surface area contributed by atoms with Gasteiger partial charge in [0.15, 0.2) is 0 Å². The zero-order chi connectivity index (χ0) is 11.5. The summed E-state index contributed by atoms with van der Waals surface area (Å²) in [6, 6.07) is 6.23. The Bertz CT molecular complexity index is 486. The van der Waals surface area contributed by atoms with Gasteiger partial charge >= 0.3 is 0 Å². The predicted octanol–water partition coefficient (Wildman–Crippen LogP) is 2.65. The molecule has 0 amide bonds. The van der Waals surface area contributed by atoms with E-state index in [4.69, 9.17) is 0 Å². The zero-order valence-electron chi connectivity index (χ0n) is 9.99. The van der Waals surface area contributed by atoms with E-state index in [0.29, 0.717) is 0 Å². The minimum absolute atomic E-state index is 0.840. The van der Waals surface area contributed by atoms with Crippen LogP contribution in [0.25, 0.3) is 0 Å². The van der Waals surface area contributed by atoms with Crippen LogP contribution in [0.1, 0.15) is 17.0 Å². The normalized spacial score (nSPS) is 10.4. The third-order valence-electron chi connectivity index (χ3n) is 2.60. The first-order valence-corrected chi connectivity index (χ1v) is 5.44. The Hall–Kier alpha value is -1.77. The quantitative estimate of drug-likeness (QED) is 0.853. The Kier molecular flexibility index (Phi) is 2.95. The SMILES string of the molecule is Cc1ccc(NCc2ccn(C)c2)c(C)n1. The van der Waals surface area contributed by atoms with E-state index >= 15 is 0 Å². The number of aryl methyl sites for hydroxylation is 3. The summed E-state index contributed by atoms with van der Waals surface area (Å²) in [5.74, 6) is 0. The molecule has 0 aliphatic carbocycles. The van der Waals surface area contributed by atoms with Crippen molar-refractivity contribution in [2.45, 2.75) is 20.4 Å². The molecule has 0 fully saturated rings. The first kappa shape index (κ1) is 10.7. The molecule has 1 N–H and O–H groups in total. The fraction of sp³-hybridized carbons (Fsp3) is 0.308. The lowest BCUT2D eigenvalue weighted by Gasteiger charge is -2.08. The van der Waals surface area contributed by atoms with Gasteiger partial charge in [-0.3, -0.25) is 4.98 Å². The highest BCUT2D eigenvalue weighted by Gasteiger charge is 2.00. The molecule has 0 radical (unpaired) electrons. The van der Waals surface area contributed by atoms with Crippen LogP contribution in [0.5, 0.6) is 0 Å². The molecule has 0 atom stereocenters. The molecular formula is C13H17N3. The van der Waals surface area contributed by atoms with Crippen molar-refractivity contribution in [2.75, 3.05) is 5.32 Å². The summed E-state index contributed by atoms with van der Waals surface area (Å²) in [6.07, 6.45) is 4.17. The summed E-state index contributed by atoms with van der Waals surface area (Å²) < 4.78 is 2.05. The maximum absolute atomic E-state index is 4.42. The molecule has 0 spiro atoms. The maximum atomic E-state index is 4.42. The topological polar surface area (TPSA) is 29.9 Å². The van der Waals surface area contributed by atoms with Crippen LogP contribution in [0.15, 0.2) is 30.6 Å². The fourth-order valence-electron chi connectivity index (χ4n) is 1.74. The van der Waals surface area contributed by atoms with Gasteiger partial charge in [0, 0.05) is 31.7 Å². The number of nitrogens with zero attached hydrogens (tertiary/aromatic N) is 2. The Morgan fingerprint density at radius 1 is 1.25 bits per heavy atom. The Balaban J connectivity index is 2.04. The number of pyridine rings is 1. The molecule has 2 heterocycles. The van der Waals surface area contributed by atoms with Crippen molar-refractivity contribution in [1.82, 2.24) is 9.55 Å². The summed E-state index contributed by atoms with van der Waals surface area (Å²) in [6.45, 7) is 4.88. The van der Waals surface area contributed by atoms with Gasteiger partial charge in [-0.05, 0) is 37.6 Å². The Morgan fingerprint density at radius 3 is 2.69 bits per heavy atom. The predicted molar refractivity (Wildman–Crippen MR) is 66.5 cm³/mol. The molecule has 0 unspecified atom stereocenters. The average Bonchev–Trinajstić information content (AvgIpc) is 2.63. The maximum Gasteiger partial charge on any atom is 0.0606 e. The van der Waals surface area contributed by atoms with E-state index in [0.717, 1.165) is 23.6 Å². The van der Waals surface area contributed by atoms with E-state index in [-0.39, 0.29) is 0 Å². The Labute approximate surface area is 96.1 Å². The highest BCUT2D eigenvalue weighted by atomic mass is 14.9. The summed E-state index contributed by atoms with van der Waals surface area (Å²) in [4.78, 5) is 4.42. The van der Waals surface area contributed by atoms with Crippen molar-refractivity contribution in [2.24, 2.45) is 7.05 Å². The number of aromatic nitrogens is 2. The number of anilines is 1. The van der Waals surface area contributed by atoms with Gasteiger partial charge in [-0.15, -0.1) is 0 Å². The lowest BCUT2D eigenvalue weighted by Crippen LogP contribution is -2.01. The van der Waals surface area contributed by atoms with E-state index in [1.54, 1.807) is 0 Å². The second kappa shape index (κ2) is 4.39. The number of nitrogens with one attached hydrogen (secondary N) is 1. The van der Waals surface area contributed by atoms with Crippen molar-refractivity contribution < 1.29 is 0 Å². The summed E-state index contributed by atoms with van der Waals surface area (Å²) in [5, 5.41) is 3.39. The van der Waals surface area contributed by atoms with Crippen LogP contribution in [0, 0.1) is 13.8 Å². The molecule has 0 bridgehead atoms. The van der Waals surface area contributed by atoms with E-state index in [2.05, 4.69) is 39.4 Å². The molecule has 3 heteroatoms. The molecule has 2 aromatic heterocycles. The smallest absolute Gasteiger partial charge is 0.0606 e. The number of hydrogen-bond donors (Lipinski definition) is 1. The molecule has 2 rings (SSSR count). The molecule has 0 aliphatic rings. The third-order valence-corrected chi connectivity index (χ3v) is 2.60.